The van der Waals surface area contributed by atoms with Crippen molar-refractivity contribution in [1.82, 2.24) is 4.90 Å². The van der Waals surface area contributed by atoms with Gasteiger partial charge in [0, 0.05) is 31.4 Å². The van der Waals surface area contributed by atoms with Crippen molar-refractivity contribution in [3.05, 3.63) is 53.6 Å². The zero-order chi connectivity index (χ0) is 21.9. The molecule has 0 radical (unpaired) electrons. The molecular weight excluding hydrogens is 402 g/mol. The highest BCUT2D eigenvalue weighted by atomic mass is 32.2. The summed E-state index contributed by atoms with van der Waals surface area (Å²) in [7, 11) is 0.175. The lowest BCUT2D eigenvalue weighted by atomic mass is 10.1. The van der Waals surface area contributed by atoms with Crippen LogP contribution >= 0.6 is 0 Å². The molecule has 1 N–H and O–H groups in total. The zero-order valence-electron chi connectivity index (χ0n) is 17.9. The Morgan fingerprint density at radius 2 is 1.77 bits per heavy atom. The minimum absolute atomic E-state index is 0.221. The molecule has 0 atom stereocenters. The Hall–Kier alpha value is -2.58. The van der Waals surface area contributed by atoms with Crippen molar-refractivity contribution >= 4 is 27.3 Å². The molecule has 1 aliphatic heterocycles. The SMILES string of the molecule is Cc1c(C(=O)Nc2ccc(OC3CCN(C)CC3)cc2)cccc1N(C)S(C)(=O)=O. The molecule has 162 valence electrons. The van der Waals surface area contributed by atoms with Crippen molar-refractivity contribution in [2.45, 2.75) is 25.9 Å². The minimum Gasteiger partial charge on any atom is -0.490 e. The Bertz CT molecular complexity index is 998. The molecule has 8 heteroatoms. The van der Waals surface area contributed by atoms with Crippen LogP contribution in [0.4, 0.5) is 11.4 Å². The fourth-order valence-corrected chi connectivity index (χ4v) is 4.05. The Labute approximate surface area is 178 Å². The molecule has 0 unspecified atom stereocenters. The van der Waals surface area contributed by atoms with Crippen molar-refractivity contribution in [1.29, 1.82) is 0 Å². The number of hydrogen-bond donors (Lipinski definition) is 1. The van der Waals surface area contributed by atoms with E-state index in [1.54, 1.807) is 25.1 Å². The number of ether oxygens (including phenoxy) is 1. The number of amides is 1. The van der Waals surface area contributed by atoms with Gasteiger partial charge in [-0.3, -0.25) is 9.10 Å². The summed E-state index contributed by atoms with van der Waals surface area (Å²) in [5.41, 5.74) is 2.16. The van der Waals surface area contributed by atoms with Crippen LogP contribution < -0.4 is 14.4 Å². The molecule has 0 saturated carbocycles. The molecule has 7 nitrogen and oxygen atoms in total. The first-order chi connectivity index (χ1) is 14.1. The molecule has 30 heavy (non-hydrogen) atoms. The average Bonchev–Trinajstić information content (AvgIpc) is 2.70. The van der Waals surface area contributed by atoms with Crippen molar-refractivity contribution in [3.63, 3.8) is 0 Å². The largest absolute Gasteiger partial charge is 0.490 e. The summed E-state index contributed by atoms with van der Waals surface area (Å²) in [6, 6.07) is 12.4. The minimum atomic E-state index is -3.41. The molecule has 3 rings (SSSR count). The third-order valence-corrected chi connectivity index (χ3v) is 6.66. The monoisotopic (exact) mass is 431 g/mol. The number of piperidine rings is 1. The van der Waals surface area contributed by atoms with E-state index < -0.39 is 10.0 Å². The number of anilines is 2. The third-order valence-electron chi connectivity index (χ3n) is 5.47. The molecule has 1 amide bonds. The summed E-state index contributed by atoms with van der Waals surface area (Å²) in [4.78, 5) is 15.1. The van der Waals surface area contributed by atoms with Crippen LogP contribution in [-0.2, 0) is 10.0 Å². The van der Waals surface area contributed by atoms with Gasteiger partial charge in [0.1, 0.15) is 11.9 Å². The normalized spacial score (nSPS) is 15.6. The lowest BCUT2D eigenvalue weighted by molar-refractivity contribution is 0.102. The fraction of sp³-hybridized carbons (Fsp3) is 0.409. The molecule has 0 aliphatic carbocycles. The summed E-state index contributed by atoms with van der Waals surface area (Å²) in [5.74, 6) is 0.496. The van der Waals surface area contributed by atoms with Gasteiger partial charge < -0.3 is 15.0 Å². The van der Waals surface area contributed by atoms with E-state index in [0.717, 1.165) is 37.9 Å². The number of sulfonamides is 1. The van der Waals surface area contributed by atoms with Gasteiger partial charge in [-0.25, -0.2) is 8.42 Å². The second-order valence-corrected chi connectivity index (χ2v) is 9.79. The first-order valence-electron chi connectivity index (χ1n) is 9.95. The van der Waals surface area contributed by atoms with Gasteiger partial charge in [-0.05, 0) is 68.8 Å². The Morgan fingerprint density at radius 3 is 2.37 bits per heavy atom. The van der Waals surface area contributed by atoms with E-state index in [1.807, 2.05) is 24.3 Å². The van der Waals surface area contributed by atoms with Gasteiger partial charge in [0.2, 0.25) is 10.0 Å². The highest BCUT2D eigenvalue weighted by Crippen LogP contribution is 2.25. The van der Waals surface area contributed by atoms with Gasteiger partial charge in [0.25, 0.3) is 5.91 Å². The highest BCUT2D eigenvalue weighted by Gasteiger charge is 2.20. The average molecular weight is 432 g/mol. The molecule has 1 saturated heterocycles. The molecule has 0 spiro atoms. The van der Waals surface area contributed by atoms with Gasteiger partial charge in [-0.15, -0.1) is 0 Å². The zero-order valence-corrected chi connectivity index (χ0v) is 18.7. The van der Waals surface area contributed by atoms with Crippen molar-refractivity contribution in [2.75, 3.05) is 43.1 Å². The summed E-state index contributed by atoms with van der Waals surface area (Å²) < 4.78 is 30.9. The molecule has 1 aliphatic rings. The Kier molecular flexibility index (Phi) is 6.67. The predicted octanol–water partition coefficient (Wildman–Crippen LogP) is 3.12. The molecule has 2 aromatic rings. The topological polar surface area (TPSA) is 79.0 Å². The lowest BCUT2D eigenvalue weighted by Gasteiger charge is -2.29. The van der Waals surface area contributed by atoms with E-state index in [2.05, 4.69) is 17.3 Å². The van der Waals surface area contributed by atoms with Crippen LogP contribution in [0.5, 0.6) is 5.75 Å². The molecule has 2 aromatic carbocycles. The summed E-state index contributed by atoms with van der Waals surface area (Å²) in [5, 5.41) is 2.87. The van der Waals surface area contributed by atoms with Crippen LogP contribution in [-0.4, -0.2) is 58.8 Å². The van der Waals surface area contributed by atoms with Gasteiger partial charge in [0.05, 0.1) is 11.9 Å². The van der Waals surface area contributed by atoms with Gasteiger partial charge in [-0.1, -0.05) is 6.07 Å². The van der Waals surface area contributed by atoms with Crippen LogP contribution in [0.15, 0.2) is 42.5 Å². The molecule has 1 heterocycles. The molecule has 1 fully saturated rings. The number of nitrogens with one attached hydrogen (secondary N) is 1. The number of likely N-dealkylation sites (tertiary alicyclic amines) is 1. The van der Waals surface area contributed by atoms with Crippen LogP contribution in [0.1, 0.15) is 28.8 Å². The van der Waals surface area contributed by atoms with Crippen LogP contribution in [0.25, 0.3) is 0 Å². The van der Waals surface area contributed by atoms with E-state index in [-0.39, 0.29) is 12.0 Å². The number of hydrogen-bond acceptors (Lipinski definition) is 5. The lowest BCUT2D eigenvalue weighted by Crippen LogP contribution is -2.35. The molecular formula is C22H29N3O4S. The van der Waals surface area contributed by atoms with E-state index in [1.165, 1.54) is 11.4 Å². The third kappa shape index (κ3) is 5.31. The first-order valence-corrected chi connectivity index (χ1v) is 11.8. The highest BCUT2D eigenvalue weighted by molar-refractivity contribution is 7.92. The van der Waals surface area contributed by atoms with E-state index in [4.69, 9.17) is 4.74 Å². The number of benzene rings is 2. The number of carbonyl (C=O) groups excluding carboxylic acids is 1. The van der Waals surface area contributed by atoms with Gasteiger partial charge in [-0.2, -0.15) is 0 Å². The van der Waals surface area contributed by atoms with Crippen molar-refractivity contribution in [2.24, 2.45) is 0 Å². The number of carbonyl (C=O) groups is 1. The maximum Gasteiger partial charge on any atom is 0.256 e. The summed E-state index contributed by atoms with van der Waals surface area (Å²) in [6.45, 7) is 3.81. The summed E-state index contributed by atoms with van der Waals surface area (Å²) >= 11 is 0. The smallest absolute Gasteiger partial charge is 0.256 e. The fourth-order valence-electron chi connectivity index (χ4n) is 3.50. The predicted molar refractivity (Wildman–Crippen MR) is 120 cm³/mol. The van der Waals surface area contributed by atoms with Crippen LogP contribution in [0.2, 0.25) is 0 Å². The standard InChI is InChI=1S/C22H29N3O4S/c1-16-20(6-5-7-21(16)25(3)30(4,27)28)22(26)23-17-8-10-18(11-9-17)29-19-12-14-24(2)15-13-19/h5-11,19H,12-15H2,1-4H3,(H,23,26). The Morgan fingerprint density at radius 1 is 1.13 bits per heavy atom. The number of nitrogens with zero attached hydrogens (tertiary/aromatic N) is 2. The number of rotatable bonds is 6. The van der Waals surface area contributed by atoms with Crippen LogP contribution in [0.3, 0.4) is 0 Å². The van der Waals surface area contributed by atoms with Crippen molar-refractivity contribution in [3.8, 4) is 5.75 Å². The first kappa shape index (κ1) is 22.1. The summed E-state index contributed by atoms with van der Waals surface area (Å²) in [6.07, 6.45) is 3.37. The van der Waals surface area contributed by atoms with Gasteiger partial charge in [0.15, 0.2) is 0 Å². The van der Waals surface area contributed by atoms with Gasteiger partial charge >= 0.3 is 0 Å². The quantitative estimate of drug-likeness (QED) is 0.760. The maximum atomic E-state index is 12.8. The maximum absolute atomic E-state index is 12.8. The van der Waals surface area contributed by atoms with E-state index in [9.17, 15) is 13.2 Å². The Balaban J connectivity index is 1.68. The molecule has 0 bridgehead atoms. The second kappa shape index (κ2) is 9.06. The van der Waals surface area contributed by atoms with Crippen molar-refractivity contribution < 1.29 is 17.9 Å². The van der Waals surface area contributed by atoms with E-state index >= 15 is 0 Å². The van der Waals surface area contributed by atoms with E-state index in [0.29, 0.717) is 22.5 Å². The van der Waals surface area contributed by atoms with Crippen LogP contribution in [0, 0.1) is 6.92 Å². The molecule has 0 aromatic heterocycles. The second-order valence-electron chi connectivity index (χ2n) is 7.78.